The second kappa shape index (κ2) is 6.42. The Balaban J connectivity index is 1.93. The third-order valence-corrected chi connectivity index (χ3v) is 4.76. The lowest BCUT2D eigenvalue weighted by Crippen LogP contribution is -2.37. The molecule has 19 heavy (non-hydrogen) atoms. The summed E-state index contributed by atoms with van der Waals surface area (Å²) < 4.78 is 0. The summed E-state index contributed by atoms with van der Waals surface area (Å²) in [6.07, 6.45) is 5.72. The zero-order chi connectivity index (χ0) is 13.7. The lowest BCUT2D eigenvalue weighted by Gasteiger charge is -2.26. The van der Waals surface area contributed by atoms with Gasteiger partial charge >= 0.3 is 0 Å². The van der Waals surface area contributed by atoms with Crippen LogP contribution in [0.25, 0.3) is 0 Å². The van der Waals surface area contributed by atoms with Crippen LogP contribution in [0.4, 0.5) is 0 Å². The monoisotopic (exact) mass is 279 g/mol. The van der Waals surface area contributed by atoms with E-state index < -0.39 is 0 Å². The fraction of sp³-hybridized carbons (Fsp3) is 0.562. The van der Waals surface area contributed by atoms with Crippen molar-refractivity contribution in [2.75, 3.05) is 12.4 Å². The highest BCUT2D eigenvalue weighted by Crippen LogP contribution is 2.38. The average molecular weight is 280 g/mol. The minimum absolute atomic E-state index is 0.0130. The summed E-state index contributed by atoms with van der Waals surface area (Å²) >= 11 is 6.08. The third kappa shape index (κ3) is 3.50. The van der Waals surface area contributed by atoms with Gasteiger partial charge in [0.25, 0.3) is 5.91 Å². The number of alkyl halides is 1. The number of aryl methyl sites for hydroxylation is 1. The molecule has 0 bridgehead atoms. The zero-order valence-electron chi connectivity index (χ0n) is 11.5. The Morgan fingerprint density at radius 1 is 1.26 bits per heavy atom. The Hall–Kier alpha value is -1.02. The number of carbonyl (C=O) groups is 1. The summed E-state index contributed by atoms with van der Waals surface area (Å²) in [5.41, 5.74) is 2.12. The highest BCUT2D eigenvalue weighted by Gasteiger charge is 2.33. The molecule has 0 unspecified atom stereocenters. The van der Waals surface area contributed by atoms with Gasteiger partial charge in [-0.1, -0.05) is 31.9 Å². The van der Waals surface area contributed by atoms with Crippen LogP contribution in [0.2, 0.25) is 0 Å². The Morgan fingerprint density at radius 3 is 2.42 bits per heavy atom. The van der Waals surface area contributed by atoms with Crippen molar-refractivity contribution < 1.29 is 4.79 Å². The van der Waals surface area contributed by atoms with Gasteiger partial charge in [-0.25, -0.2) is 0 Å². The Labute approximate surface area is 120 Å². The van der Waals surface area contributed by atoms with Gasteiger partial charge in [0.15, 0.2) is 0 Å². The lowest BCUT2D eigenvalue weighted by atomic mass is 9.88. The molecule has 0 radical (unpaired) electrons. The molecule has 0 spiro atoms. The van der Waals surface area contributed by atoms with E-state index in [1.165, 1.54) is 18.4 Å². The van der Waals surface area contributed by atoms with Crippen LogP contribution in [0.1, 0.15) is 48.5 Å². The van der Waals surface area contributed by atoms with Gasteiger partial charge in [0.1, 0.15) is 0 Å². The first-order chi connectivity index (χ1) is 9.19. The van der Waals surface area contributed by atoms with Gasteiger partial charge in [-0.15, -0.1) is 11.6 Å². The molecule has 3 heteroatoms. The molecule has 1 N–H and O–H groups in total. The van der Waals surface area contributed by atoms with Crippen LogP contribution in [-0.4, -0.2) is 18.3 Å². The van der Waals surface area contributed by atoms with Crippen molar-refractivity contribution in [2.24, 2.45) is 5.41 Å². The van der Waals surface area contributed by atoms with Crippen LogP contribution < -0.4 is 5.32 Å². The minimum Gasteiger partial charge on any atom is -0.351 e. The summed E-state index contributed by atoms with van der Waals surface area (Å²) in [6, 6.07) is 7.83. The summed E-state index contributed by atoms with van der Waals surface area (Å²) in [5, 5.41) is 3.05. The molecule has 1 aliphatic rings. The fourth-order valence-corrected chi connectivity index (χ4v) is 3.11. The molecule has 0 aliphatic heterocycles. The largest absolute Gasteiger partial charge is 0.351 e. The minimum atomic E-state index is 0.0130. The number of nitrogens with one attached hydrogen (secondary N) is 1. The second-order valence-corrected chi connectivity index (χ2v) is 5.84. The van der Waals surface area contributed by atoms with Gasteiger partial charge < -0.3 is 5.32 Å². The van der Waals surface area contributed by atoms with Crippen LogP contribution in [0, 0.1) is 5.41 Å². The predicted molar refractivity (Wildman–Crippen MR) is 79.8 cm³/mol. The van der Waals surface area contributed by atoms with E-state index >= 15 is 0 Å². The first-order valence-corrected chi connectivity index (χ1v) is 7.66. The van der Waals surface area contributed by atoms with Crippen molar-refractivity contribution in [1.29, 1.82) is 0 Å². The van der Waals surface area contributed by atoms with Crippen molar-refractivity contribution in [1.82, 2.24) is 5.32 Å². The van der Waals surface area contributed by atoms with Gasteiger partial charge in [-0.05, 0) is 37.0 Å². The van der Waals surface area contributed by atoms with Gasteiger partial charge in [-0.2, -0.15) is 0 Å². The van der Waals surface area contributed by atoms with Gasteiger partial charge in [-0.3, -0.25) is 4.79 Å². The highest BCUT2D eigenvalue weighted by molar-refractivity contribution is 6.18. The molecule has 0 saturated heterocycles. The number of hydrogen-bond donors (Lipinski definition) is 1. The maximum atomic E-state index is 12.1. The Kier molecular flexibility index (Phi) is 4.87. The molecule has 0 aromatic heterocycles. The molecular weight excluding hydrogens is 258 g/mol. The molecule has 1 aliphatic carbocycles. The van der Waals surface area contributed by atoms with Crippen molar-refractivity contribution in [3.8, 4) is 0 Å². The van der Waals surface area contributed by atoms with Crippen molar-refractivity contribution in [3.05, 3.63) is 35.4 Å². The summed E-state index contributed by atoms with van der Waals surface area (Å²) in [7, 11) is 0. The number of hydrogen-bond acceptors (Lipinski definition) is 1. The topological polar surface area (TPSA) is 29.1 Å². The van der Waals surface area contributed by atoms with E-state index in [9.17, 15) is 4.79 Å². The van der Waals surface area contributed by atoms with E-state index in [1.54, 1.807) is 0 Å². The van der Waals surface area contributed by atoms with Crippen LogP contribution >= 0.6 is 11.6 Å². The maximum absolute atomic E-state index is 12.1. The first-order valence-electron chi connectivity index (χ1n) is 7.12. The van der Waals surface area contributed by atoms with Crippen molar-refractivity contribution >= 4 is 17.5 Å². The molecule has 1 amide bonds. The van der Waals surface area contributed by atoms with Gasteiger partial charge in [0.2, 0.25) is 0 Å². The number of carbonyl (C=O) groups excluding carboxylic acids is 1. The summed E-state index contributed by atoms with van der Waals surface area (Å²) in [5.74, 6) is 0.654. The SMILES string of the molecule is CCc1ccc(C(=O)NCC2(CCl)CCCC2)cc1. The standard InChI is InChI=1S/C16H22ClNO/c1-2-13-5-7-14(8-6-13)15(19)18-12-16(11-17)9-3-4-10-16/h5-8H,2-4,9-12H2,1H3,(H,18,19). The van der Waals surface area contributed by atoms with E-state index in [1.807, 2.05) is 24.3 Å². The molecule has 1 aromatic rings. The van der Waals surface area contributed by atoms with Crippen LogP contribution in [0.5, 0.6) is 0 Å². The molecule has 2 rings (SSSR count). The van der Waals surface area contributed by atoms with E-state index in [0.717, 1.165) is 24.8 Å². The maximum Gasteiger partial charge on any atom is 0.251 e. The quantitative estimate of drug-likeness (QED) is 0.817. The van der Waals surface area contributed by atoms with Crippen LogP contribution in [0.15, 0.2) is 24.3 Å². The summed E-state index contributed by atoms with van der Waals surface area (Å²) in [4.78, 5) is 12.1. The molecule has 1 fully saturated rings. The zero-order valence-corrected chi connectivity index (χ0v) is 12.3. The van der Waals surface area contributed by atoms with Crippen LogP contribution in [-0.2, 0) is 6.42 Å². The van der Waals surface area contributed by atoms with E-state index in [4.69, 9.17) is 11.6 Å². The fourth-order valence-electron chi connectivity index (χ4n) is 2.74. The molecule has 0 heterocycles. The summed E-state index contributed by atoms with van der Waals surface area (Å²) in [6.45, 7) is 2.81. The highest BCUT2D eigenvalue weighted by atomic mass is 35.5. The molecule has 104 valence electrons. The molecule has 2 nitrogen and oxygen atoms in total. The van der Waals surface area contributed by atoms with Gasteiger partial charge in [0, 0.05) is 23.4 Å². The lowest BCUT2D eigenvalue weighted by molar-refractivity contribution is 0.0935. The smallest absolute Gasteiger partial charge is 0.251 e. The third-order valence-electron chi connectivity index (χ3n) is 4.20. The van der Waals surface area contributed by atoms with Gasteiger partial charge in [0.05, 0.1) is 0 Å². The molecule has 1 aromatic carbocycles. The van der Waals surface area contributed by atoms with Crippen molar-refractivity contribution in [2.45, 2.75) is 39.0 Å². The second-order valence-electron chi connectivity index (χ2n) is 5.57. The van der Waals surface area contributed by atoms with E-state index in [-0.39, 0.29) is 11.3 Å². The Morgan fingerprint density at radius 2 is 1.89 bits per heavy atom. The Bertz CT molecular complexity index is 421. The molecular formula is C16H22ClNO. The van der Waals surface area contributed by atoms with E-state index in [2.05, 4.69) is 12.2 Å². The molecule has 0 atom stereocenters. The number of rotatable bonds is 5. The normalized spacial score (nSPS) is 17.4. The number of halogens is 1. The average Bonchev–Trinajstić information content (AvgIpc) is 2.94. The van der Waals surface area contributed by atoms with Crippen molar-refractivity contribution in [3.63, 3.8) is 0 Å². The van der Waals surface area contributed by atoms with Crippen LogP contribution in [0.3, 0.4) is 0 Å². The predicted octanol–water partition coefficient (Wildman–Crippen LogP) is 3.78. The first kappa shape index (κ1) is 14.4. The number of benzene rings is 1. The van der Waals surface area contributed by atoms with E-state index in [0.29, 0.717) is 12.4 Å². The molecule has 1 saturated carbocycles. The number of amides is 1.